The summed E-state index contributed by atoms with van der Waals surface area (Å²) in [7, 11) is 3.61. The lowest BCUT2D eigenvalue weighted by Gasteiger charge is -2.38. The molecule has 19 heavy (non-hydrogen) atoms. The Kier molecular flexibility index (Phi) is 3.98. The number of hydrogen-bond donors (Lipinski definition) is 0. The summed E-state index contributed by atoms with van der Waals surface area (Å²) in [6, 6.07) is 6.53. The molecule has 0 bridgehead atoms. The second-order valence-corrected chi connectivity index (χ2v) is 5.37. The third-order valence-corrected chi connectivity index (χ3v) is 3.85. The van der Waals surface area contributed by atoms with Crippen molar-refractivity contribution in [2.75, 3.05) is 45.2 Å². The zero-order valence-electron chi connectivity index (χ0n) is 12.3. The van der Waals surface area contributed by atoms with Gasteiger partial charge < -0.3 is 14.7 Å². The molecule has 0 saturated carbocycles. The third-order valence-electron chi connectivity index (χ3n) is 3.85. The number of carbonyl (C=O) groups is 1. The quantitative estimate of drug-likeness (QED) is 0.774. The van der Waals surface area contributed by atoms with Gasteiger partial charge in [0.05, 0.1) is 0 Å². The van der Waals surface area contributed by atoms with E-state index in [0.717, 1.165) is 26.2 Å². The predicted octanol–water partition coefficient (Wildman–Crippen LogP) is 2.11. The minimum Gasteiger partial charge on any atom is -0.368 e. The number of carbonyl (C=O) groups excluding carboxylic acids is 1. The predicted molar refractivity (Wildman–Crippen MR) is 78.8 cm³/mol. The Bertz CT molecular complexity index is 462. The molecule has 0 aliphatic carbocycles. The molecule has 0 N–H and O–H groups in total. The van der Waals surface area contributed by atoms with E-state index in [0.29, 0.717) is 0 Å². The van der Waals surface area contributed by atoms with Gasteiger partial charge in [0.15, 0.2) is 0 Å². The van der Waals surface area contributed by atoms with Crippen LogP contribution in [0.5, 0.6) is 0 Å². The van der Waals surface area contributed by atoms with E-state index in [1.807, 2.05) is 4.90 Å². The molecule has 1 aliphatic rings. The van der Waals surface area contributed by atoms with Gasteiger partial charge in [-0.15, -0.1) is 0 Å². The second kappa shape index (κ2) is 5.51. The molecule has 0 aromatic heterocycles. The molecule has 2 rings (SSSR count). The van der Waals surface area contributed by atoms with Crippen LogP contribution in [0.25, 0.3) is 0 Å². The number of hydrogen-bond acceptors (Lipinski definition) is 2. The topological polar surface area (TPSA) is 26.8 Å². The van der Waals surface area contributed by atoms with Crippen LogP contribution >= 0.6 is 0 Å². The molecular weight excluding hydrogens is 238 g/mol. The van der Waals surface area contributed by atoms with Gasteiger partial charge in [0.2, 0.25) is 0 Å². The summed E-state index contributed by atoms with van der Waals surface area (Å²) in [4.78, 5) is 17.8. The van der Waals surface area contributed by atoms with Crippen molar-refractivity contribution in [3.63, 3.8) is 0 Å². The molecule has 1 aliphatic heterocycles. The molecule has 4 heteroatoms. The zero-order chi connectivity index (χ0) is 14.0. The van der Waals surface area contributed by atoms with Crippen molar-refractivity contribution >= 4 is 11.7 Å². The van der Waals surface area contributed by atoms with Gasteiger partial charge >= 0.3 is 6.03 Å². The van der Waals surface area contributed by atoms with Crippen LogP contribution in [0.4, 0.5) is 10.5 Å². The fourth-order valence-electron chi connectivity index (χ4n) is 2.50. The van der Waals surface area contributed by atoms with E-state index in [4.69, 9.17) is 0 Å². The zero-order valence-corrected chi connectivity index (χ0v) is 12.3. The van der Waals surface area contributed by atoms with Gasteiger partial charge in [-0.1, -0.05) is 12.1 Å². The van der Waals surface area contributed by atoms with E-state index in [9.17, 15) is 4.79 Å². The molecule has 4 nitrogen and oxygen atoms in total. The lowest BCUT2D eigenvalue weighted by atomic mass is 10.1. The monoisotopic (exact) mass is 261 g/mol. The molecule has 1 aromatic carbocycles. The summed E-state index contributed by atoms with van der Waals surface area (Å²) in [5, 5.41) is 0. The van der Waals surface area contributed by atoms with Crippen LogP contribution in [-0.2, 0) is 0 Å². The molecular formula is C15H23N3O. The molecule has 0 radical (unpaired) electrons. The number of anilines is 1. The molecule has 2 amide bonds. The van der Waals surface area contributed by atoms with Crippen LogP contribution < -0.4 is 4.90 Å². The average molecular weight is 261 g/mol. The minimum atomic E-state index is 0.112. The highest BCUT2D eigenvalue weighted by Gasteiger charge is 2.22. The highest BCUT2D eigenvalue weighted by Crippen LogP contribution is 2.23. The number of benzene rings is 1. The molecule has 1 aromatic rings. The standard InChI is InChI=1S/C15H23N3O/c1-12-6-5-7-14(13(12)2)17-8-10-18(11-9-17)15(19)16(3)4/h5-7H,8-11H2,1-4H3. The van der Waals surface area contributed by atoms with Crippen LogP contribution in [0, 0.1) is 13.8 Å². The first kappa shape index (κ1) is 13.7. The van der Waals surface area contributed by atoms with Crippen molar-refractivity contribution in [2.24, 2.45) is 0 Å². The van der Waals surface area contributed by atoms with Crippen molar-refractivity contribution < 1.29 is 4.79 Å². The van der Waals surface area contributed by atoms with Gasteiger partial charge in [-0.2, -0.15) is 0 Å². The lowest BCUT2D eigenvalue weighted by Crippen LogP contribution is -2.51. The molecule has 0 spiro atoms. The summed E-state index contributed by atoms with van der Waals surface area (Å²) in [6.45, 7) is 7.72. The van der Waals surface area contributed by atoms with Crippen LogP contribution in [-0.4, -0.2) is 56.1 Å². The average Bonchev–Trinajstić information content (AvgIpc) is 2.41. The van der Waals surface area contributed by atoms with E-state index < -0.39 is 0 Å². The van der Waals surface area contributed by atoms with E-state index >= 15 is 0 Å². The molecule has 1 fully saturated rings. The van der Waals surface area contributed by atoms with Gasteiger partial charge in [-0.25, -0.2) is 4.79 Å². The minimum absolute atomic E-state index is 0.112. The Morgan fingerprint density at radius 3 is 2.32 bits per heavy atom. The SMILES string of the molecule is Cc1cccc(N2CCN(C(=O)N(C)C)CC2)c1C. The Hall–Kier alpha value is -1.71. The lowest BCUT2D eigenvalue weighted by molar-refractivity contribution is 0.168. The maximum Gasteiger partial charge on any atom is 0.319 e. The fourth-order valence-corrected chi connectivity index (χ4v) is 2.50. The van der Waals surface area contributed by atoms with Crippen LogP contribution in [0.15, 0.2) is 18.2 Å². The number of rotatable bonds is 1. The van der Waals surface area contributed by atoms with E-state index in [1.165, 1.54) is 16.8 Å². The van der Waals surface area contributed by atoms with Crippen molar-refractivity contribution in [1.82, 2.24) is 9.80 Å². The molecule has 1 saturated heterocycles. The Morgan fingerprint density at radius 2 is 1.74 bits per heavy atom. The van der Waals surface area contributed by atoms with Gasteiger partial charge in [0, 0.05) is 46.0 Å². The molecule has 1 heterocycles. The Labute approximate surface area is 115 Å². The summed E-state index contributed by atoms with van der Waals surface area (Å²) >= 11 is 0. The molecule has 0 unspecified atom stereocenters. The second-order valence-electron chi connectivity index (χ2n) is 5.37. The smallest absolute Gasteiger partial charge is 0.319 e. The van der Waals surface area contributed by atoms with Crippen LogP contribution in [0.1, 0.15) is 11.1 Å². The number of amides is 2. The number of nitrogens with zero attached hydrogens (tertiary/aromatic N) is 3. The highest BCUT2D eigenvalue weighted by atomic mass is 16.2. The van der Waals surface area contributed by atoms with E-state index in [2.05, 4.69) is 36.9 Å². The fraction of sp³-hybridized carbons (Fsp3) is 0.533. The van der Waals surface area contributed by atoms with E-state index in [-0.39, 0.29) is 6.03 Å². The maximum absolute atomic E-state index is 11.9. The van der Waals surface area contributed by atoms with Crippen molar-refractivity contribution in [3.8, 4) is 0 Å². The van der Waals surface area contributed by atoms with Gasteiger partial charge in [0.1, 0.15) is 0 Å². The maximum atomic E-state index is 11.9. The Morgan fingerprint density at radius 1 is 1.11 bits per heavy atom. The first-order chi connectivity index (χ1) is 9.00. The summed E-state index contributed by atoms with van der Waals surface area (Å²) in [6.07, 6.45) is 0. The summed E-state index contributed by atoms with van der Waals surface area (Å²) in [5.41, 5.74) is 3.97. The first-order valence-electron chi connectivity index (χ1n) is 6.78. The number of urea groups is 1. The van der Waals surface area contributed by atoms with Gasteiger partial charge in [-0.3, -0.25) is 0 Å². The normalized spacial score (nSPS) is 15.6. The van der Waals surface area contributed by atoms with E-state index in [1.54, 1.807) is 19.0 Å². The Balaban J connectivity index is 2.04. The van der Waals surface area contributed by atoms with Gasteiger partial charge in [-0.05, 0) is 31.0 Å². The van der Waals surface area contributed by atoms with Crippen molar-refractivity contribution in [2.45, 2.75) is 13.8 Å². The van der Waals surface area contributed by atoms with Crippen LogP contribution in [0.3, 0.4) is 0 Å². The number of piperazine rings is 1. The largest absolute Gasteiger partial charge is 0.368 e. The van der Waals surface area contributed by atoms with Crippen LogP contribution in [0.2, 0.25) is 0 Å². The summed E-state index contributed by atoms with van der Waals surface area (Å²) in [5.74, 6) is 0. The van der Waals surface area contributed by atoms with Gasteiger partial charge in [0.25, 0.3) is 0 Å². The summed E-state index contributed by atoms with van der Waals surface area (Å²) < 4.78 is 0. The molecule has 0 atom stereocenters. The highest BCUT2D eigenvalue weighted by molar-refractivity contribution is 5.74. The third kappa shape index (κ3) is 2.83. The van der Waals surface area contributed by atoms with Crippen molar-refractivity contribution in [1.29, 1.82) is 0 Å². The molecule has 104 valence electrons. The first-order valence-corrected chi connectivity index (χ1v) is 6.78. The number of aryl methyl sites for hydroxylation is 1. The van der Waals surface area contributed by atoms with Crippen molar-refractivity contribution in [3.05, 3.63) is 29.3 Å².